The number of nitrogens with zero attached hydrogens (tertiary/aromatic N) is 1. The van der Waals surface area contributed by atoms with Crippen LogP contribution in [0, 0.1) is 0 Å². The first-order valence-corrected chi connectivity index (χ1v) is 7.96. The fourth-order valence-corrected chi connectivity index (χ4v) is 2.53. The Morgan fingerprint density at radius 2 is 1.91 bits per heavy atom. The highest BCUT2D eigenvalue weighted by atomic mass is 35.5. The molecule has 0 aliphatic carbocycles. The molecule has 0 heterocycles. The summed E-state index contributed by atoms with van der Waals surface area (Å²) in [6.45, 7) is 0. The predicted octanol–water partition coefficient (Wildman–Crippen LogP) is 2.37. The van der Waals surface area contributed by atoms with E-state index >= 15 is 0 Å². The molecule has 2 aromatic rings. The second kappa shape index (κ2) is 6.67. The highest BCUT2D eigenvalue weighted by Crippen LogP contribution is 2.25. The number of sulfonamides is 1. The van der Waals surface area contributed by atoms with Crippen molar-refractivity contribution in [1.82, 2.24) is 4.83 Å². The van der Waals surface area contributed by atoms with Gasteiger partial charge in [-0.1, -0.05) is 11.6 Å². The molecule has 0 bridgehead atoms. The van der Waals surface area contributed by atoms with Crippen molar-refractivity contribution in [2.45, 2.75) is 4.90 Å². The molecule has 0 aliphatic rings. The van der Waals surface area contributed by atoms with Gasteiger partial charge in [0.15, 0.2) is 11.5 Å². The van der Waals surface area contributed by atoms with Crippen molar-refractivity contribution in [3.05, 3.63) is 53.1 Å². The SMILES string of the molecule is COc1cc(/C=N/NS(=O)(=O)c2ccc(Cl)cc2)ccc1O. The third-order valence-corrected chi connectivity index (χ3v) is 4.20. The molecule has 8 heteroatoms. The van der Waals surface area contributed by atoms with Crippen LogP contribution in [0.25, 0.3) is 0 Å². The molecule has 0 saturated carbocycles. The van der Waals surface area contributed by atoms with Crippen LogP contribution < -0.4 is 9.57 Å². The number of phenolic OH excluding ortho intramolecular Hbond substituents is 1. The quantitative estimate of drug-likeness (QED) is 0.646. The summed E-state index contributed by atoms with van der Waals surface area (Å²) in [6, 6.07) is 10.2. The van der Waals surface area contributed by atoms with Crippen LogP contribution in [0.3, 0.4) is 0 Å². The zero-order valence-electron chi connectivity index (χ0n) is 11.5. The van der Waals surface area contributed by atoms with Crippen molar-refractivity contribution in [2.75, 3.05) is 7.11 Å². The van der Waals surface area contributed by atoms with E-state index in [1.807, 2.05) is 0 Å². The van der Waals surface area contributed by atoms with Crippen LogP contribution in [0.4, 0.5) is 0 Å². The first-order chi connectivity index (χ1) is 10.4. The van der Waals surface area contributed by atoms with E-state index in [4.69, 9.17) is 16.3 Å². The number of halogens is 1. The van der Waals surface area contributed by atoms with Crippen LogP contribution in [0.15, 0.2) is 52.5 Å². The van der Waals surface area contributed by atoms with E-state index in [1.54, 1.807) is 6.07 Å². The fourth-order valence-electron chi connectivity index (χ4n) is 1.61. The molecule has 0 amide bonds. The fraction of sp³-hybridized carbons (Fsp3) is 0.0714. The van der Waals surface area contributed by atoms with Gasteiger partial charge in [-0.05, 0) is 48.0 Å². The Bertz CT molecular complexity index is 789. The Hall–Kier alpha value is -2.25. The van der Waals surface area contributed by atoms with Crippen LogP contribution in [-0.2, 0) is 10.0 Å². The number of ether oxygens (including phenoxy) is 1. The van der Waals surface area contributed by atoms with Crippen LogP contribution in [0.5, 0.6) is 11.5 Å². The zero-order chi connectivity index (χ0) is 16.2. The largest absolute Gasteiger partial charge is 0.504 e. The summed E-state index contributed by atoms with van der Waals surface area (Å²) in [4.78, 5) is 2.14. The van der Waals surface area contributed by atoms with Crippen LogP contribution in [0.1, 0.15) is 5.56 Å². The standard InChI is InChI=1S/C14H13ClN2O4S/c1-21-14-8-10(2-7-13(14)18)9-16-17-22(19,20)12-5-3-11(15)4-6-12/h2-9,17-18H,1H3/b16-9+. The summed E-state index contributed by atoms with van der Waals surface area (Å²) in [6.07, 6.45) is 1.30. The molecule has 0 radical (unpaired) electrons. The molecule has 0 spiro atoms. The molecular weight excluding hydrogens is 328 g/mol. The number of phenols is 1. The summed E-state index contributed by atoms with van der Waals surface area (Å²) in [5, 5.41) is 13.6. The zero-order valence-corrected chi connectivity index (χ0v) is 13.1. The molecule has 0 aromatic heterocycles. The van der Waals surface area contributed by atoms with Crippen molar-refractivity contribution in [3.8, 4) is 11.5 Å². The van der Waals surface area contributed by atoms with Crippen molar-refractivity contribution < 1.29 is 18.3 Å². The van der Waals surface area contributed by atoms with Gasteiger partial charge in [-0.3, -0.25) is 0 Å². The van der Waals surface area contributed by atoms with E-state index in [9.17, 15) is 13.5 Å². The minimum absolute atomic E-state index is 0.0126. The number of hydrogen-bond donors (Lipinski definition) is 2. The number of rotatable bonds is 5. The minimum Gasteiger partial charge on any atom is -0.504 e. The monoisotopic (exact) mass is 340 g/mol. The molecule has 22 heavy (non-hydrogen) atoms. The Balaban J connectivity index is 2.13. The average Bonchev–Trinajstić information content (AvgIpc) is 2.49. The van der Waals surface area contributed by atoms with Gasteiger partial charge < -0.3 is 9.84 Å². The maximum atomic E-state index is 12.0. The van der Waals surface area contributed by atoms with E-state index in [-0.39, 0.29) is 16.4 Å². The van der Waals surface area contributed by atoms with Gasteiger partial charge in [0, 0.05) is 5.02 Å². The lowest BCUT2D eigenvalue weighted by Gasteiger charge is -2.04. The number of hydrogen-bond acceptors (Lipinski definition) is 5. The lowest BCUT2D eigenvalue weighted by atomic mass is 10.2. The Kier molecular flexibility index (Phi) is 4.89. The van der Waals surface area contributed by atoms with E-state index < -0.39 is 10.0 Å². The summed E-state index contributed by atoms with van der Waals surface area (Å²) >= 11 is 5.71. The van der Waals surface area contributed by atoms with Crippen LogP contribution in [-0.4, -0.2) is 26.8 Å². The Labute approximate surface area is 133 Å². The third-order valence-electron chi connectivity index (χ3n) is 2.71. The van der Waals surface area contributed by atoms with E-state index in [0.29, 0.717) is 10.6 Å². The van der Waals surface area contributed by atoms with Crippen molar-refractivity contribution in [3.63, 3.8) is 0 Å². The molecule has 6 nitrogen and oxygen atoms in total. The summed E-state index contributed by atoms with van der Waals surface area (Å²) in [7, 11) is -2.34. The Morgan fingerprint density at radius 3 is 2.55 bits per heavy atom. The predicted molar refractivity (Wildman–Crippen MR) is 84.0 cm³/mol. The second-order valence-corrected chi connectivity index (χ2v) is 6.34. The van der Waals surface area contributed by atoms with Crippen LogP contribution >= 0.6 is 11.6 Å². The summed E-state index contributed by atoms with van der Waals surface area (Å²) in [5.74, 6) is 0.255. The normalized spacial score (nSPS) is 11.5. The van der Waals surface area contributed by atoms with Crippen molar-refractivity contribution in [2.24, 2.45) is 5.10 Å². The Morgan fingerprint density at radius 1 is 1.23 bits per heavy atom. The maximum Gasteiger partial charge on any atom is 0.276 e. The third kappa shape index (κ3) is 3.90. The molecule has 2 rings (SSSR count). The number of benzene rings is 2. The lowest BCUT2D eigenvalue weighted by molar-refractivity contribution is 0.373. The average molecular weight is 341 g/mol. The minimum atomic E-state index is -3.76. The maximum absolute atomic E-state index is 12.0. The van der Waals surface area contributed by atoms with Gasteiger partial charge in [0.05, 0.1) is 18.2 Å². The number of hydrazone groups is 1. The van der Waals surface area contributed by atoms with Gasteiger partial charge >= 0.3 is 0 Å². The van der Waals surface area contributed by atoms with Gasteiger partial charge in [0.2, 0.25) is 0 Å². The summed E-state index contributed by atoms with van der Waals surface area (Å²) < 4.78 is 28.9. The van der Waals surface area contributed by atoms with Crippen molar-refractivity contribution >= 4 is 27.8 Å². The number of aromatic hydroxyl groups is 1. The molecule has 0 saturated heterocycles. The molecule has 2 aromatic carbocycles. The second-order valence-electron chi connectivity index (χ2n) is 4.24. The first kappa shape index (κ1) is 16.1. The number of nitrogens with one attached hydrogen (secondary N) is 1. The highest BCUT2D eigenvalue weighted by Gasteiger charge is 2.12. The van der Waals surface area contributed by atoms with Gasteiger partial charge in [-0.25, -0.2) is 4.83 Å². The molecule has 0 unspecified atom stereocenters. The van der Waals surface area contributed by atoms with E-state index in [1.165, 1.54) is 49.7 Å². The summed E-state index contributed by atoms with van der Waals surface area (Å²) in [5.41, 5.74) is 0.563. The van der Waals surface area contributed by atoms with E-state index in [0.717, 1.165) is 0 Å². The molecule has 0 fully saturated rings. The topological polar surface area (TPSA) is 88.0 Å². The molecule has 116 valence electrons. The van der Waals surface area contributed by atoms with Gasteiger partial charge in [0.25, 0.3) is 10.0 Å². The lowest BCUT2D eigenvalue weighted by Crippen LogP contribution is -2.18. The van der Waals surface area contributed by atoms with Crippen LogP contribution in [0.2, 0.25) is 5.02 Å². The molecule has 0 aliphatic heterocycles. The molecule has 2 N–H and O–H groups in total. The van der Waals surface area contributed by atoms with Gasteiger partial charge in [0.1, 0.15) is 0 Å². The highest BCUT2D eigenvalue weighted by molar-refractivity contribution is 7.89. The van der Waals surface area contributed by atoms with Gasteiger partial charge in [-0.15, -0.1) is 0 Å². The van der Waals surface area contributed by atoms with Crippen molar-refractivity contribution in [1.29, 1.82) is 0 Å². The van der Waals surface area contributed by atoms with E-state index in [2.05, 4.69) is 9.93 Å². The molecular formula is C14H13ClN2O4S. The number of methoxy groups -OCH3 is 1. The smallest absolute Gasteiger partial charge is 0.276 e. The van der Waals surface area contributed by atoms with Gasteiger partial charge in [-0.2, -0.15) is 13.5 Å². The molecule has 0 atom stereocenters. The first-order valence-electron chi connectivity index (χ1n) is 6.10.